The zero-order chi connectivity index (χ0) is 24.5. The maximum atomic E-state index is 12.7. The van der Waals surface area contributed by atoms with Crippen LogP contribution in [0.4, 0.5) is 4.79 Å². The number of nitrogens with zero attached hydrogens (tertiary/aromatic N) is 1. The van der Waals surface area contributed by atoms with E-state index in [9.17, 15) is 19.5 Å². The van der Waals surface area contributed by atoms with E-state index in [-0.39, 0.29) is 24.3 Å². The first-order valence-corrected chi connectivity index (χ1v) is 11.8. The van der Waals surface area contributed by atoms with Gasteiger partial charge in [0.2, 0.25) is 5.91 Å². The first-order chi connectivity index (χ1) is 16.2. The van der Waals surface area contributed by atoms with Gasteiger partial charge in [0.15, 0.2) is 0 Å². The van der Waals surface area contributed by atoms with Crippen LogP contribution in [0.5, 0.6) is 0 Å². The molecule has 0 radical (unpaired) electrons. The van der Waals surface area contributed by atoms with E-state index < -0.39 is 23.5 Å². The van der Waals surface area contributed by atoms with Gasteiger partial charge in [0, 0.05) is 30.3 Å². The van der Waals surface area contributed by atoms with Crippen LogP contribution in [0.15, 0.2) is 48.5 Å². The number of carbonyl (C=O) groups is 3. The molecule has 7 heteroatoms. The van der Waals surface area contributed by atoms with E-state index in [0.717, 1.165) is 11.1 Å². The lowest BCUT2D eigenvalue weighted by molar-refractivity contribution is -0.173. The minimum Gasteiger partial charge on any atom is -0.480 e. The van der Waals surface area contributed by atoms with Crippen molar-refractivity contribution < 1.29 is 24.2 Å². The van der Waals surface area contributed by atoms with Gasteiger partial charge in [-0.15, -0.1) is 0 Å². The fourth-order valence-electron chi connectivity index (χ4n) is 5.25. The van der Waals surface area contributed by atoms with Crippen LogP contribution in [0.3, 0.4) is 0 Å². The average molecular weight is 465 g/mol. The van der Waals surface area contributed by atoms with Crippen molar-refractivity contribution in [3.63, 3.8) is 0 Å². The summed E-state index contributed by atoms with van der Waals surface area (Å²) in [5.41, 5.74) is 4.28. The zero-order valence-corrected chi connectivity index (χ0v) is 19.9. The summed E-state index contributed by atoms with van der Waals surface area (Å²) in [5, 5.41) is 12.2. The van der Waals surface area contributed by atoms with Crippen LogP contribution in [0, 0.1) is 11.3 Å². The molecule has 0 spiro atoms. The normalized spacial score (nSPS) is 18.9. The number of nitrogens with one attached hydrogen (secondary N) is 1. The Morgan fingerprint density at radius 1 is 1.09 bits per heavy atom. The third-order valence-electron chi connectivity index (χ3n) is 7.00. The van der Waals surface area contributed by atoms with Gasteiger partial charge in [0.05, 0.1) is 0 Å². The summed E-state index contributed by atoms with van der Waals surface area (Å²) in [7, 11) is 0. The van der Waals surface area contributed by atoms with Gasteiger partial charge < -0.3 is 20.1 Å². The molecule has 4 rings (SSSR count). The number of likely N-dealkylation sites (tertiary alicyclic amines) is 1. The van der Waals surface area contributed by atoms with Gasteiger partial charge in [-0.25, -0.2) is 9.59 Å². The summed E-state index contributed by atoms with van der Waals surface area (Å²) in [6, 6.07) is 15.6. The van der Waals surface area contributed by atoms with E-state index in [0.29, 0.717) is 25.9 Å². The van der Waals surface area contributed by atoms with Crippen LogP contribution < -0.4 is 5.32 Å². The van der Waals surface area contributed by atoms with Gasteiger partial charge in [-0.2, -0.15) is 0 Å². The van der Waals surface area contributed by atoms with Crippen molar-refractivity contribution in [3.05, 3.63) is 59.7 Å². The largest absolute Gasteiger partial charge is 0.480 e. The highest BCUT2D eigenvalue weighted by atomic mass is 16.5. The first kappa shape index (κ1) is 23.8. The summed E-state index contributed by atoms with van der Waals surface area (Å²) in [6.07, 6.45) is 0.689. The highest BCUT2D eigenvalue weighted by Gasteiger charge is 2.52. The number of hydrogen-bond donors (Lipinski definition) is 2. The smallest absolute Gasteiger partial charge is 0.407 e. The molecular weight excluding hydrogens is 432 g/mol. The number of carbonyl (C=O) groups excluding carboxylic acids is 2. The highest BCUT2D eigenvalue weighted by Crippen LogP contribution is 2.44. The lowest BCUT2D eigenvalue weighted by Gasteiger charge is -2.52. The van der Waals surface area contributed by atoms with Gasteiger partial charge in [0.25, 0.3) is 0 Å². The molecule has 2 unspecified atom stereocenters. The molecule has 180 valence electrons. The summed E-state index contributed by atoms with van der Waals surface area (Å²) in [4.78, 5) is 37.9. The Morgan fingerprint density at radius 3 is 2.24 bits per heavy atom. The Kier molecular flexibility index (Phi) is 6.64. The van der Waals surface area contributed by atoms with E-state index in [4.69, 9.17) is 4.74 Å². The molecule has 1 aliphatic heterocycles. The number of carboxylic acids is 1. The van der Waals surface area contributed by atoms with E-state index in [2.05, 4.69) is 29.6 Å². The van der Waals surface area contributed by atoms with Crippen LogP contribution >= 0.6 is 0 Å². The maximum absolute atomic E-state index is 12.7. The second kappa shape index (κ2) is 9.49. The van der Waals surface area contributed by atoms with Crippen LogP contribution in [0.1, 0.15) is 50.7 Å². The molecule has 7 nitrogen and oxygen atoms in total. The van der Waals surface area contributed by atoms with Crippen LogP contribution in [0.2, 0.25) is 0 Å². The van der Waals surface area contributed by atoms with Crippen LogP contribution in [-0.2, 0) is 14.3 Å². The molecule has 1 aliphatic carbocycles. The van der Waals surface area contributed by atoms with Gasteiger partial charge in [-0.1, -0.05) is 69.3 Å². The number of rotatable bonds is 8. The van der Waals surface area contributed by atoms with Gasteiger partial charge in [0.1, 0.15) is 12.6 Å². The Bertz CT molecular complexity index is 1050. The second-order valence-electron chi connectivity index (χ2n) is 9.99. The fourth-order valence-corrected chi connectivity index (χ4v) is 5.25. The summed E-state index contributed by atoms with van der Waals surface area (Å²) in [5.74, 6) is -1.40. The fraction of sp³-hybridized carbons (Fsp3) is 0.444. The van der Waals surface area contributed by atoms with Crippen molar-refractivity contribution in [1.82, 2.24) is 10.2 Å². The minimum atomic E-state index is -0.964. The summed E-state index contributed by atoms with van der Waals surface area (Å²) >= 11 is 0. The number of ether oxygens (including phenoxy) is 1. The molecule has 2 aromatic carbocycles. The molecule has 1 fully saturated rings. The van der Waals surface area contributed by atoms with Gasteiger partial charge in [-0.3, -0.25) is 4.79 Å². The Labute approximate surface area is 200 Å². The third kappa shape index (κ3) is 4.52. The molecule has 0 bridgehead atoms. The van der Waals surface area contributed by atoms with Crippen LogP contribution in [0.25, 0.3) is 11.1 Å². The molecule has 2 amide bonds. The Balaban J connectivity index is 1.21. The minimum absolute atomic E-state index is 0.0127. The zero-order valence-electron chi connectivity index (χ0n) is 19.9. The second-order valence-corrected chi connectivity index (χ2v) is 9.99. The first-order valence-electron chi connectivity index (χ1n) is 11.8. The van der Waals surface area contributed by atoms with Crippen molar-refractivity contribution in [2.45, 2.75) is 45.6 Å². The van der Waals surface area contributed by atoms with Gasteiger partial charge >= 0.3 is 12.1 Å². The number of alkyl carbamates (subject to hydrolysis) is 1. The predicted molar refractivity (Wildman–Crippen MR) is 128 cm³/mol. The molecule has 2 aliphatic rings. The highest BCUT2D eigenvalue weighted by molar-refractivity contribution is 5.87. The van der Waals surface area contributed by atoms with E-state index in [1.807, 2.05) is 38.1 Å². The number of fused-ring (bicyclic) bond motifs is 3. The number of hydrogen-bond acceptors (Lipinski definition) is 4. The van der Waals surface area contributed by atoms with E-state index >= 15 is 0 Å². The van der Waals surface area contributed by atoms with E-state index in [1.165, 1.54) is 16.0 Å². The molecular formula is C27H32N2O5. The topological polar surface area (TPSA) is 95.9 Å². The van der Waals surface area contributed by atoms with Crippen molar-refractivity contribution in [1.29, 1.82) is 0 Å². The quantitative estimate of drug-likeness (QED) is 0.569. The molecule has 2 atom stereocenters. The van der Waals surface area contributed by atoms with Crippen molar-refractivity contribution in [2.24, 2.45) is 11.3 Å². The molecule has 2 N–H and O–H groups in total. The standard InChI is InChI=1S/C27H32N2O5/c1-17(24(30)29-16-27(2,3)23(29)25(31)32)9-8-14-28-26(33)34-15-22-20-12-6-4-10-18(20)19-11-5-7-13-21(19)22/h4-7,10-13,17,22-23H,8-9,14-16H2,1-3H3,(H,28,33)(H,31,32). The van der Waals surface area contributed by atoms with Gasteiger partial charge in [-0.05, 0) is 35.1 Å². The van der Waals surface area contributed by atoms with Crippen LogP contribution in [-0.4, -0.2) is 53.7 Å². The lowest BCUT2D eigenvalue weighted by Crippen LogP contribution is -2.67. The molecule has 0 saturated carbocycles. The van der Waals surface area contributed by atoms with Crippen molar-refractivity contribution >= 4 is 18.0 Å². The van der Waals surface area contributed by atoms with E-state index in [1.54, 1.807) is 6.92 Å². The Morgan fingerprint density at radius 2 is 1.68 bits per heavy atom. The predicted octanol–water partition coefficient (Wildman–Crippen LogP) is 4.26. The monoisotopic (exact) mass is 464 g/mol. The SMILES string of the molecule is CC(CCCNC(=O)OCC1c2ccccc2-c2ccccc21)C(=O)N1CC(C)(C)C1C(=O)O. The molecule has 1 saturated heterocycles. The Hall–Kier alpha value is -3.35. The number of benzene rings is 2. The molecule has 0 aromatic heterocycles. The number of amides is 2. The third-order valence-corrected chi connectivity index (χ3v) is 7.00. The maximum Gasteiger partial charge on any atom is 0.407 e. The molecule has 34 heavy (non-hydrogen) atoms. The molecule has 1 heterocycles. The summed E-state index contributed by atoms with van der Waals surface area (Å²) < 4.78 is 5.53. The number of aliphatic carboxylic acids is 1. The molecule has 2 aromatic rings. The summed E-state index contributed by atoms with van der Waals surface area (Å²) in [6.45, 7) is 6.63. The van der Waals surface area contributed by atoms with Crippen molar-refractivity contribution in [2.75, 3.05) is 19.7 Å². The average Bonchev–Trinajstić information content (AvgIpc) is 3.12. The lowest BCUT2D eigenvalue weighted by atomic mass is 9.74. The number of carboxylic acid groups (broad SMARTS) is 1. The van der Waals surface area contributed by atoms with Crippen molar-refractivity contribution in [3.8, 4) is 11.1 Å².